The summed E-state index contributed by atoms with van der Waals surface area (Å²) in [5.74, 6) is 1.50. The predicted molar refractivity (Wildman–Crippen MR) is 76.3 cm³/mol. The van der Waals surface area contributed by atoms with Gasteiger partial charge in [0.2, 0.25) is 5.91 Å². The molecule has 1 atom stereocenters. The number of nitrogen functional groups attached to an aromatic ring is 1. The standard InChI is InChI=1S/C15H23N3O/c1-2-3-12-4-5-15(19)18(9-7-12)11-13-6-8-17-14(16)10-13/h6,8,10,12H,2-5,7,9,11H2,1H3,(H2,16,17). The Morgan fingerprint density at radius 3 is 3.05 bits per heavy atom. The predicted octanol–water partition coefficient (Wildman–Crippen LogP) is 2.59. The van der Waals surface area contributed by atoms with Crippen molar-refractivity contribution in [1.82, 2.24) is 9.88 Å². The van der Waals surface area contributed by atoms with Gasteiger partial charge in [-0.05, 0) is 36.5 Å². The van der Waals surface area contributed by atoms with Crippen molar-refractivity contribution in [1.29, 1.82) is 0 Å². The molecule has 104 valence electrons. The molecule has 1 aliphatic rings. The number of aromatic nitrogens is 1. The van der Waals surface area contributed by atoms with Crippen molar-refractivity contribution in [2.24, 2.45) is 5.92 Å². The van der Waals surface area contributed by atoms with E-state index in [0.717, 1.165) is 24.9 Å². The van der Waals surface area contributed by atoms with E-state index < -0.39 is 0 Å². The summed E-state index contributed by atoms with van der Waals surface area (Å²) in [6.45, 7) is 3.74. The smallest absolute Gasteiger partial charge is 0.222 e. The second kappa shape index (κ2) is 6.55. The molecule has 1 fully saturated rings. The zero-order valence-corrected chi connectivity index (χ0v) is 11.6. The van der Waals surface area contributed by atoms with Crippen LogP contribution in [0.1, 0.15) is 44.6 Å². The van der Waals surface area contributed by atoms with Gasteiger partial charge in [-0.15, -0.1) is 0 Å². The molecule has 0 aromatic carbocycles. The molecule has 4 nitrogen and oxygen atoms in total. The number of nitrogens with zero attached hydrogens (tertiary/aromatic N) is 2. The molecule has 0 aliphatic carbocycles. The Balaban J connectivity index is 1.97. The zero-order valence-electron chi connectivity index (χ0n) is 11.6. The zero-order chi connectivity index (χ0) is 13.7. The first kappa shape index (κ1) is 13.8. The average molecular weight is 261 g/mol. The van der Waals surface area contributed by atoms with Crippen LogP contribution in [0.3, 0.4) is 0 Å². The van der Waals surface area contributed by atoms with Gasteiger partial charge < -0.3 is 10.6 Å². The van der Waals surface area contributed by atoms with E-state index in [9.17, 15) is 4.79 Å². The fourth-order valence-corrected chi connectivity index (χ4v) is 2.77. The third-order valence-electron chi connectivity index (χ3n) is 3.84. The van der Waals surface area contributed by atoms with E-state index >= 15 is 0 Å². The first-order valence-corrected chi connectivity index (χ1v) is 7.17. The maximum absolute atomic E-state index is 12.1. The lowest BCUT2D eigenvalue weighted by Crippen LogP contribution is -2.29. The number of hydrogen-bond acceptors (Lipinski definition) is 3. The molecule has 1 aromatic heterocycles. The highest BCUT2D eigenvalue weighted by atomic mass is 16.2. The number of amides is 1. The number of rotatable bonds is 4. The van der Waals surface area contributed by atoms with Gasteiger partial charge in [0.05, 0.1) is 0 Å². The van der Waals surface area contributed by atoms with Gasteiger partial charge >= 0.3 is 0 Å². The van der Waals surface area contributed by atoms with Gasteiger partial charge in [-0.1, -0.05) is 19.8 Å². The van der Waals surface area contributed by atoms with Crippen LogP contribution in [0.2, 0.25) is 0 Å². The van der Waals surface area contributed by atoms with Crippen LogP contribution in [0.5, 0.6) is 0 Å². The second-order valence-corrected chi connectivity index (χ2v) is 5.39. The van der Waals surface area contributed by atoms with Crippen molar-refractivity contribution in [3.8, 4) is 0 Å². The fourth-order valence-electron chi connectivity index (χ4n) is 2.77. The highest BCUT2D eigenvalue weighted by Crippen LogP contribution is 2.23. The summed E-state index contributed by atoms with van der Waals surface area (Å²) >= 11 is 0. The molecule has 2 heterocycles. The molecule has 0 radical (unpaired) electrons. The summed E-state index contributed by atoms with van der Waals surface area (Å²) in [6, 6.07) is 3.78. The van der Waals surface area contributed by atoms with Crippen LogP contribution >= 0.6 is 0 Å². The molecule has 1 unspecified atom stereocenters. The number of likely N-dealkylation sites (tertiary alicyclic amines) is 1. The molecule has 4 heteroatoms. The lowest BCUT2D eigenvalue weighted by Gasteiger charge is -2.21. The summed E-state index contributed by atoms with van der Waals surface area (Å²) in [5, 5.41) is 0. The Hall–Kier alpha value is -1.58. The van der Waals surface area contributed by atoms with E-state index in [1.807, 2.05) is 17.0 Å². The fraction of sp³-hybridized carbons (Fsp3) is 0.600. The van der Waals surface area contributed by atoms with Gasteiger partial charge in [-0.2, -0.15) is 0 Å². The Labute approximate surface area is 115 Å². The van der Waals surface area contributed by atoms with E-state index in [1.165, 1.54) is 12.8 Å². The van der Waals surface area contributed by atoms with E-state index in [0.29, 0.717) is 24.7 Å². The first-order valence-electron chi connectivity index (χ1n) is 7.17. The number of hydrogen-bond donors (Lipinski definition) is 1. The van der Waals surface area contributed by atoms with Crippen LogP contribution in [0.4, 0.5) is 5.82 Å². The lowest BCUT2D eigenvalue weighted by molar-refractivity contribution is -0.131. The van der Waals surface area contributed by atoms with Crippen molar-refractivity contribution < 1.29 is 4.79 Å². The number of nitrogens with two attached hydrogens (primary N) is 1. The highest BCUT2D eigenvalue weighted by molar-refractivity contribution is 5.76. The van der Waals surface area contributed by atoms with Gasteiger partial charge in [-0.3, -0.25) is 4.79 Å². The van der Waals surface area contributed by atoms with E-state index in [2.05, 4.69) is 11.9 Å². The maximum Gasteiger partial charge on any atom is 0.222 e. The molecule has 1 aromatic rings. The van der Waals surface area contributed by atoms with Crippen LogP contribution in [-0.4, -0.2) is 22.3 Å². The molecule has 0 spiro atoms. The number of pyridine rings is 1. The normalized spacial score (nSPS) is 20.4. The number of carbonyl (C=O) groups excluding carboxylic acids is 1. The Kier molecular flexibility index (Phi) is 4.77. The van der Waals surface area contributed by atoms with Crippen LogP contribution in [0.25, 0.3) is 0 Å². The molecule has 0 bridgehead atoms. The lowest BCUT2D eigenvalue weighted by atomic mass is 9.96. The summed E-state index contributed by atoms with van der Waals surface area (Å²) in [7, 11) is 0. The Morgan fingerprint density at radius 2 is 2.32 bits per heavy atom. The maximum atomic E-state index is 12.1. The number of carbonyl (C=O) groups is 1. The van der Waals surface area contributed by atoms with Crippen molar-refractivity contribution in [2.75, 3.05) is 12.3 Å². The van der Waals surface area contributed by atoms with Crippen molar-refractivity contribution in [3.63, 3.8) is 0 Å². The van der Waals surface area contributed by atoms with Crippen molar-refractivity contribution in [3.05, 3.63) is 23.9 Å². The molecule has 0 saturated carbocycles. The summed E-state index contributed by atoms with van der Waals surface area (Å²) in [5.41, 5.74) is 6.74. The van der Waals surface area contributed by atoms with Gasteiger partial charge in [0.25, 0.3) is 0 Å². The number of anilines is 1. The largest absolute Gasteiger partial charge is 0.384 e. The van der Waals surface area contributed by atoms with Crippen molar-refractivity contribution >= 4 is 11.7 Å². The minimum atomic E-state index is 0.272. The topological polar surface area (TPSA) is 59.2 Å². The third-order valence-corrected chi connectivity index (χ3v) is 3.84. The minimum Gasteiger partial charge on any atom is -0.384 e. The summed E-state index contributed by atoms with van der Waals surface area (Å²) in [4.78, 5) is 18.1. The van der Waals surface area contributed by atoms with E-state index in [4.69, 9.17) is 5.73 Å². The van der Waals surface area contributed by atoms with Crippen LogP contribution in [-0.2, 0) is 11.3 Å². The first-order chi connectivity index (χ1) is 9.19. The molecule has 1 saturated heterocycles. The molecule has 19 heavy (non-hydrogen) atoms. The molecule has 2 N–H and O–H groups in total. The summed E-state index contributed by atoms with van der Waals surface area (Å²) in [6.07, 6.45) is 7.00. The van der Waals surface area contributed by atoms with Crippen LogP contribution in [0, 0.1) is 5.92 Å². The van der Waals surface area contributed by atoms with E-state index in [-0.39, 0.29) is 5.91 Å². The van der Waals surface area contributed by atoms with Gasteiger partial charge in [0.15, 0.2) is 0 Å². The van der Waals surface area contributed by atoms with Crippen molar-refractivity contribution in [2.45, 2.75) is 45.6 Å². The van der Waals surface area contributed by atoms with Gasteiger partial charge in [0, 0.05) is 25.7 Å². The summed E-state index contributed by atoms with van der Waals surface area (Å²) < 4.78 is 0. The van der Waals surface area contributed by atoms with Gasteiger partial charge in [-0.25, -0.2) is 4.98 Å². The Morgan fingerprint density at radius 1 is 1.47 bits per heavy atom. The second-order valence-electron chi connectivity index (χ2n) is 5.39. The molecular formula is C15H23N3O. The Bertz CT molecular complexity index is 433. The third kappa shape index (κ3) is 3.94. The van der Waals surface area contributed by atoms with E-state index in [1.54, 1.807) is 6.20 Å². The quantitative estimate of drug-likeness (QED) is 0.906. The molecule has 1 amide bonds. The minimum absolute atomic E-state index is 0.272. The highest BCUT2D eigenvalue weighted by Gasteiger charge is 2.21. The van der Waals surface area contributed by atoms with Crippen LogP contribution in [0.15, 0.2) is 18.3 Å². The van der Waals surface area contributed by atoms with Gasteiger partial charge in [0.1, 0.15) is 5.82 Å². The molecule has 1 aliphatic heterocycles. The van der Waals surface area contributed by atoms with Crippen LogP contribution < -0.4 is 5.73 Å². The molecular weight excluding hydrogens is 238 g/mol. The molecule has 2 rings (SSSR count). The SMILES string of the molecule is CCCC1CCC(=O)N(Cc2ccnc(N)c2)CC1. The monoisotopic (exact) mass is 261 g/mol. The average Bonchev–Trinajstić information content (AvgIpc) is 2.55.